The summed E-state index contributed by atoms with van der Waals surface area (Å²) in [5, 5.41) is 0.660. The van der Waals surface area contributed by atoms with Crippen molar-refractivity contribution in [2.24, 2.45) is 0 Å². The highest BCUT2D eigenvalue weighted by Gasteiger charge is 2.26. The molecule has 5 rings (SSSR count). The molecule has 0 aliphatic rings. The molecule has 0 saturated carbocycles. The topological polar surface area (TPSA) is 93.9 Å². The van der Waals surface area contributed by atoms with E-state index in [-0.39, 0.29) is 24.3 Å². The summed E-state index contributed by atoms with van der Waals surface area (Å²) in [5.74, 6) is 0.703. The standard InChI is InChI=1S/C29H28FN3O6S/c1-6-37-29(34)39-28-27(18-8-10-24(35-4)20(30)12-18)19-13-25(36-5)26(38-16(2)3)14-23(19)33(28)15-17-7-9-21-22(11-17)32-40-31-21/h7-14,16H,6,15H2,1-5H3. The number of benzene rings is 3. The van der Waals surface area contributed by atoms with Crippen molar-refractivity contribution >= 4 is 39.8 Å². The van der Waals surface area contributed by atoms with Crippen LogP contribution in [-0.4, -0.2) is 46.4 Å². The maximum absolute atomic E-state index is 15.0. The second-order valence-electron chi connectivity index (χ2n) is 9.17. The molecule has 0 spiro atoms. The fourth-order valence-corrected chi connectivity index (χ4v) is 5.05. The molecule has 2 aromatic heterocycles. The molecule has 9 nitrogen and oxygen atoms in total. The molecule has 5 aromatic rings. The zero-order valence-corrected chi connectivity index (χ0v) is 23.5. The smallest absolute Gasteiger partial charge is 0.494 e. The second kappa shape index (κ2) is 11.4. The quantitative estimate of drug-likeness (QED) is 0.179. The number of rotatable bonds is 9. The van der Waals surface area contributed by atoms with Gasteiger partial charge in [-0.25, -0.2) is 9.18 Å². The van der Waals surface area contributed by atoms with Gasteiger partial charge in [0.15, 0.2) is 23.1 Å². The maximum Gasteiger partial charge on any atom is 0.515 e. The molecule has 0 N–H and O–H groups in total. The number of methoxy groups -OCH3 is 2. The van der Waals surface area contributed by atoms with Crippen molar-refractivity contribution < 1.29 is 32.9 Å². The minimum Gasteiger partial charge on any atom is -0.494 e. The highest BCUT2D eigenvalue weighted by molar-refractivity contribution is 7.00. The molecule has 0 aliphatic heterocycles. The zero-order chi connectivity index (χ0) is 28.4. The predicted molar refractivity (Wildman–Crippen MR) is 150 cm³/mol. The number of nitrogens with zero attached hydrogens (tertiary/aromatic N) is 3. The van der Waals surface area contributed by atoms with Crippen LogP contribution in [0.1, 0.15) is 26.3 Å². The number of aromatic nitrogens is 3. The molecule has 2 heterocycles. The van der Waals surface area contributed by atoms with E-state index in [0.29, 0.717) is 40.1 Å². The van der Waals surface area contributed by atoms with E-state index in [4.69, 9.17) is 23.7 Å². The summed E-state index contributed by atoms with van der Waals surface area (Å²) >= 11 is 1.14. The maximum atomic E-state index is 15.0. The lowest BCUT2D eigenvalue weighted by atomic mass is 10.0. The minimum absolute atomic E-state index is 0.0933. The van der Waals surface area contributed by atoms with E-state index >= 15 is 0 Å². The molecule has 0 amide bonds. The lowest BCUT2D eigenvalue weighted by Crippen LogP contribution is -2.14. The molecule has 0 unspecified atom stereocenters. The fraction of sp³-hybridized carbons (Fsp3) is 0.276. The number of carbonyl (C=O) groups is 1. The Morgan fingerprint density at radius 1 is 0.975 bits per heavy atom. The van der Waals surface area contributed by atoms with Gasteiger partial charge in [-0.05, 0) is 62.2 Å². The molecule has 208 valence electrons. The first kappa shape index (κ1) is 27.2. The van der Waals surface area contributed by atoms with E-state index in [1.807, 2.05) is 42.7 Å². The third-order valence-electron chi connectivity index (χ3n) is 6.21. The molecule has 0 saturated heterocycles. The van der Waals surface area contributed by atoms with Crippen molar-refractivity contribution in [2.75, 3.05) is 20.8 Å². The molecule has 40 heavy (non-hydrogen) atoms. The van der Waals surface area contributed by atoms with Crippen molar-refractivity contribution in [3.05, 3.63) is 59.9 Å². The van der Waals surface area contributed by atoms with Gasteiger partial charge < -0.3 is 28.3 Å². The molecular weight excluding hydrogens is 537 g/mol. The fourth-order valence-electron chi connectivity index (χ4n) is 4.54. The van der Waals surface area contributed by atoms with Gasteiger partial charge in [-0.15, -0.1) is 0 Å². The van der Waals surface area contributed by atoms with E-state index in [1.165, 1.54) is 19.2 Å². The van der Waals surface area contributed by atoms with Gasteiger partial charge >= 0.3 is 6.16 Å². The number of hydrogen-bond donors (Lipinski definition) is 0. The molecule has 0 fully saturated rings. The number of halogens is 1. The third kappa shape index (κ3) is 5.24. The van der Waals surface area contributed by atoms with Crippen molar-refractivity contribution in [1.29, 1.82) is 0 Å². The summed E-state index contributed by atoms with van der Waals surface area (Å²) in [6, 6.07) is 14.0. The van der Waals surface area contributed by atoms with Gasteiger partial charge in [0.25, 0.3) is 0 Å². The van der Waals surface area contributed by atoms with Crippen LogP contribution in [0.15, 0.2) is 48.5 Å². The van der Waals surface area contributed by atoms with E-state index in [9.17, 15) is 9.18 Å². The Labute approximate surface area is 234 Å². The molecule has 0 atom stereocenters. The van der Waals surface area contributed by atoms with Crippen LogP contribution in [-0.2, 0) is 11.3 Å². The van der Waals surface area contributed by atoms with E-state index < -0.39 is 12.0 Å². The predicted octanol–water partition coefficient (Wildman–Crippen LogP) is 6.84. The molecule has 0 bridgehead atoms. The van der Waals surface area contributed by atoms with Crippen LogP contribution in [0.25, 0.3) is 33.1 Å². The van der Waals surface area contributed by atoms with Gasteiger partial charge in [0.1, 0.15) is 11.0 Å². The monoisotopic (exact) mass is 565 g/mol. The molecule has 0 aliphatic carbocycles. The first-order valence-corrected chi connectivity index (χ1v) is 13.4. The largest absolute Gasteiger partial charge is 0.515 e. The van der Waals surface area contributed by atoms with Crippen molar-refractivity contribution in [2.45, 2.75) is 33.4 Å². The molecular formula is C29H28FN3O6S. The summed E-state index contributed by atoms with van der Waals surface area (Å²) in [6.07, 6.45) is -1.01. The molecule has 0 radical (unpaired) electrons. The second-order valence-corrected chi connectivity index (χ2v) is 9.70. The average molecular weight is 566 g/mol. The van der Waals surface area contributed by atoms with Gasteiger partial charge in [-0.3, -0.25) is 0 Å². The first-order valence-electron chi connectivity index (χ1n) is 12.6. The normalized spacial score (nSPS) is 11.3. The lowest BCUT2D eigenvalue weighted by molar-refractivity contribution is 0.101. The number of carbonyl (C=O) groups excluding carboxylic acids is 1. The van der Waals surface area contributed by atoms with Gasteiger partial charge in [0, 0.05) is 11.5 Å². The molecule has 3 aromatic carbocycles. The van der Waals surface area contributed by atoms with E-state index in [1.54, 1.807) is 26.2 Å². The van der Waals surface area contributed by atoms with Gasteiger partial charge in [-0.2, -0.15) is 8.75 Å². The summed E-state index contributed by atoms with van der Waals surface area (Å²) < 4.78 is 53.2. The zero-order valence-electron chi connectivity index (χ0n) is 22.7. The van der Waals surface area contributed by atoms with Crippen molar-refractivity contribution in [1.82, 2.24) is 13.3 Å². The Hall–Kier alpha value is -4.38. The first-order chi connectivity index (χ1) is 19.3. The van der Waals surface area contributed by atoms with E-state index in [2.05, 4.69) is 8.75 Å². The van der Waals surface area contributed by atoms with Crippen molar-refractivity contribution in [3.8, 4) is 34.3 Å². The van der Waals surface area contributed by atoms with Crippen LogP contribution in [0.4, 0.5) is 9.18 Å². The number of fused-ring (bicyclic) bond motifs is 2. The van der Waals surface area contributed by atoms with Gasteiger partial charge in [0.2, 0.25) is 5.88 Å². The lowest BCUT2D eigenvalue weighted by Gasteiger charge is -2.15. The van der Waals surface area contributed by atoms with Gasteiger partial charge in [0.05, 0.1) is 56.3 Å². The summed E-state index contributed by atoms with van der Waals surface area (Å²) in [5.41, 5.74) is 4.07. The van der Waals surface area contributed by atoms with Crippen LogP contribution < -0.4 is 18.9 Å². The van der Waals surface area contributed by atoms with Crippen molar-refractivity contribution in [3.63, 3.8) is 0 Å². The van der Waals surface area contributed by atoms with Crippen LogP contribution in [0.5, 0.6) is 23.1 Å². The van der Waals surface area contributed by atoms with Crippen LogP contribution in [0, 0.1) is 5.82 Å². The Kier molecular flexibility index (Phi) is 7.74. The SMILES string of the molecule is CCOC(=O)Oc1c(-c2ccc(OC)c(F)c2)c2cc(OC)c(OC(C)C)cc2n1Cc1ccc2nsnc2c1. The highest BCUT2D eigenvalue weighted by Crippen LogP contribution is 2.46. The van der Waals surface area contributed by atoms with Gasteiger partial charge in [-0.1, -0.05) is 12.1 Å². The molecule has 11 heteroatoms. The number of ether oxygens (including phenoxy) is 5. The average Bonchev–Trinajstić information content (AvgIpc) is 3.50. The Bertz CT molecular complexity index is 1700. The highest BCUT2D eigenvalue weighted by atomic mass is 32.1. The Balaban J connectivity index is 1.80. The number of hydrogen-bond acceptors (Lipinski definition) is 9. The van der Waals surface area contributed by atoms with E-state index in [0.717, 1.165) is 28.3 Å². The Morgan fingerprint density at radius 2 is 1.75 bits per heavy atom. The van der Waals surface area contributed by atoms with Crippen LogP contribution in [0.2, 0.25) is 0 Å². The Morgan fingerprint density at radius 3 is 2.45 bits per heavy atom. The minimum atomic E-state index is -0.883. The van der Waals surface area contributed by atoms with Crippen LogP contribution in [0.3, 0.4) is 0 Å². The summed E-state index contributed by atoms with van der Waals surface area (Å²) in [6.45, 7) is 5.94. The summed E-state index contributed by atoms with van der Waals surface area (Å²) in [4.78, 5) is 12.7. The summed E-state index contributed by atoms with van der Waals surface area (Å²) in [7, 11) is 2.94. The van der Waals surface area contributed by atoms with Crippen LogP contribution >= 0.6 is 11.7 Å². The third-order valence-corrected chi connectivity index (χ3v) is 6.76.